The zero-order valence-electron chi connectivity index (χ0n) is 16.8. The SMILES string of the molecule is CN(O)C(=O)Cc1nn[nH]c1-c1nc(-c2ccccc2)c(-c2ccc(S(N)(=O)=O)cc2)o1. The Morgan fingerprint density at radius 3 is 2.44 bits per heavy atom. The summed E-state index contributed by atoms with van der Waals surface area (Å²) in [5, 5.41) is 25.3. The van der Waals surface area contributed by atoms with E-state index in [1.807, 2.05) is 30.3 Å². The topological polar surface area (TPSA) is 168 Å². The number of sulfonamides is 1. The number of amides is 1. The van der Waals surface area contributed by atoms with E-state index in [4.69, 9.17) is 9.56 Å². The largest absolute Gasteiger partial charge is 0.434 e. The number of nitrogens with zero attached hydrogens (tertiary/aromatic N) is 4. The highest BCUT2D eigenvalue weighted by molar-refractivity contribution is 7.89. The standard InChI is InChI=1S/C20H18N6O5S/c1-26(28)16(27)11-15-18(24-25-23-15)20-22-17(12-5-3-2-4-6-12)19(31-20)13-7-9-14(10-8-13)32(21,29)30/h2-10,28H,11H2,1H3,(H2,21,29,30)(H,23,24,25). The van der Waals surface area contributed by atoms with Gasteiger partial charge in [-0.2, -0.15) is 0 Å². The molecule has 4 N–H and O–H groups in total. The van der Waals surface area contributed by atoms with Crippen molar-refractivity contribution in [3.63, 3.8) is 0 Å². The first-order valence-corrected chi connectivity index (χ1v) is 10.8. The van der Waals surface area contributed by atoms with Crippen molar-refractivity contribution in [2.75, 3.05) is 7.05 Å². The van der Waals surface area contributed by atoms with Crippen molar-refractivity contribution in [3.05, 3.63) is 60.3 Å². The number of hydroxylamine groups is 2. The molecule has 0 aliphatic carbocycles. The highest BCUT2D eigenvalue weighted by Crippen LogP contribution is 2.36. The van der Waals surface area contributed by atoms with Crippen LogP contribution in [-0.4, -0.2) is 52.0 Å². The zero-order chi connectivity index (χ0) is 22.9. The highest BCUT2D eigenvalue weighted by Gasteiger charge is 2.23. The van der Waals surface area contributed by atoms with Gasteiger partial charge in [0.15, 0.2) is 5.76 Å². The Morgan fingerprint density at radius 2 is 1.81 bits per heavy atom. The molecule has 164 valence electrons. The summed E-state index contributed by atoms with van der Waals surface area (Å²) in [5.74, 6) is -0.0881. The van der Waals surface area contributed by atoms with Crippen LogP contribution in [0.25, 0.3) is 34.2 Å². The number of rotatable bonds is 6. The first-order valence-electron chi connectivity index (χ1n) is 9.29. The third-order valence-corrected chi connectivity index (χ3v) is 5.56. The third-order valence-electron chi connectivity index (χ3n) is 4.63. The summed E-state index contributed by atoms with van der Waals surface area (Å²) in [4.78, 5) is 16.4. The van der Waals surface area contributed by atoms with Crippen molar-refractivity contribution in [2.45, 2.75) is 11.3 Å². The van der Waals surface area contributed by atoms with Crippen LogP contribution in [0.4, 0.5) is 0 Å². The van der Waals surface area contributed by atoms with Gasteiger partial charge >= 0.3 is 0 Å². The number of primary sulfonamides is 1. The summed E-state index contributed by atoms with van der Waals surface area (Å²) < 4.78 is 29.2. The molecule has 32 heavy (non-hydrogen) atoms. The van der Waals surface area contributed by atoms with E-state index in [-0.39, 0.29) is 28.6 Å². The molecule has 0 unspecified atom stereocenters. The van der Waals surface area contributed by atoms with Gasteiger partial charge in [0.25, 0.3) is 5.91 Å². The van der Waals surface area contributed by atoms with Crippen LogP contribution < -0.4 is 5.14 Å². The molecule has 2 aromatic carbocycles. The predicted octanol–water partition coefficient (Wildman–Crippen LogP) is 1.83. The normalized spacial score (nSPS) is 11.5. The van der Waals surface area contributed by atoms with Crippen molar-refractivity contribution in [1.82, 2.24) is 25.5 Å². The Kier molecular flexibility index (Phi) is 5.57. The Morgan fingerprint density at radius 1 is 1.12 bits per heavy atom. The molecule has 2 heterocycles. The molecule has 0 radical (unpaired) electrons. The van der Waals surface area contributed by atoms with Crippen LogP contribution in [0.15, 0.2) is 63.9 Å². The summed E-state index contributed by atoms with van der Waals surface area (Å²) in [5.41, 5.74) is 2.34. The number of aromatic nitrogens is 4. The molecule has 0 atom stereocenters. The first-order chi connectivity index (χ1) is 15.2. The molecule has 4 rings (SSSR count). The van der Waals surface area contributed by atoms with Gasteiger partial charge in [-0.1, -0.05) is 35.5 Å². The second-order valence-electron chi connectivity index (χ2n) is 6.86. The second-order valence-corrected chi connectivity index (χ2v) is 8.42. The summed E-state index contributed by atoms with van der Waals surface area (Å²) in [6, 6.07) is 15.1. The smallest absolute Gasteiger partial charge is 0.251 e. The number of H-pyrrole nitrogens is 1. The molecular weight excluding hydrogens is 436 g/mol. The lowest BCUT2D eigenvalue weighted by Gasteiger charge is -2.06. The first kappa shape index (κ1) is 21.4. The van der Waals surface area contributed by atoms with Gasteiger partial charge < -0.3 is 4.42 Å². The fourth-order valence-corrected chi connectivity index (χ4v) is 3.53. The van der Waals surface area contributed by atoms with E-state index in [1.54, 1.807) is 12.1 Å². The van der Waals surface area contributed by atoms with Gasteiger partial charge in [-0.25, -0.2) is 23.6 Å². The van der Waals surface area contributed by atoms with E-state index in [9.17, 15) is 18.4 Å². The Hall–Kier alpha value is -3.87. The number of oxazole rings is 1. The maximum atomic E-state index is 11.9. The van der Waals surface area contributed by atoms with Gasteiger partial charge in [-0.3, -0.25) is 15.1 Å². The van der Waals surface area contributed by atoms with Crippen molar-refractivity contribution < 1.29 is 22.8 Å². The van der Waals surface area contributed by atoms with Crippen molar-refractivity contribution >= 4 is 15.9 Å². The van der Waals surface area contributed by atoms with Crippen LogP contribution in [0.2, 0.25) is 0 Å². The van der Waals surface area contributed by atoms with Gasteiger partial charge in [0.05, 0.1) is 11.3 Å². The summed E-state index contributed by atoms with van der Waals surface area (Å²) in [6.07, 6.45) is -0.222. The van der Waals surface area contributed by atoms with Crippen molar-refractivity contribution in [2.24, 2.45) is 5.14 Å². The van der Waals surface area contributed by atoms with Crippen LogP contribution in [0.5, 0.6) is 0 Å². The molecule has 11 nitrogen and oxygen atoms in total. The number of benzene rings is 2. The average Bonchev–Trinajstić information content (AvgIpc) is 3.40. The molecular formula is C20H18N6O5S. The molecule has 0 aliphatic heterocycles. The lowest BCUT2D eigenvalue weighted by atomic mass is 10.1. The quantitative estimate of drug-likeness (QED) is 0.293. The van der Waals surface area contributed by atoms with E-state index in [0.29, 0.717) is 22.1 Å². The number of hydrogen-bond donors (Lipinski definition) is 3. The Bertz CT molecular complexity index is 1360. The molecule has 0 spiro atoms. The van der Waals surface area contributed by atoms with Gasteiger partial charge in [-0.05, 0) is 24.3 Å². The lowest BCUT2D eigenvalue weighted by Crippen LogP contribution is -2.24. The molecule has 12 heteroatoms. The molecule has 0 bridgehead atoms. The monoisotopic (exact) mass is 454 g/mol. The van der Waals surface area contributed by atoms with E-state index >= 15 is 0 Å². The number of aromatic amines is 1. The number of carbonyl (C=O) groups excluding carboxylic acids is 1. The zero-order valence-corrected chi connectivity index (χ0v) is 17.6. The van der Waals surface area contributed by atoms with Crippen LogP contribution in [-0.2, 0) is 21.2 Å². The van der Waals surface area contributed by atoms with Crippen LogP contribution in [0, 0.1) is 0 Å². The van der Waals surface area contributed by atoms with E-state index in [1.165, 1.54) is 19.2 Å². The molecule has 4 aromatic rings. The molecule has 0 aliphatic rings. The van der Waals surface area contributed by atoms with Crippen LogP contribution in [0.3, 0.4) is 0 Å². The highest BCUT2D eigenvalue weighted by atomic mass is 32.2. The average molecular weight is 454 g/mol. The van der Waals surface area contributed by atoms with Gasteiger partial charge in [0, 0.05) is 18.2 Å². The molecule has 0 saturated heterocycles. The minimum atomic E-state index is -3.84. The van der Waals surface area contributed by atoms with Crippen molar-refractivity contribution in [3.8, 4) is 34.2 Å². The molecule has 1 amide bonds. The van der Waals surface area contributed by atoms with Crippen LogP contribution in [0.1, 0.15) is 5.69 Å². The summed E-state index contributed by atoms with van der Waals surface area (Å²) in [7, 11) is -2.63. The molecule has 2 aromatic heterocycles. The van der Waals surface area contributed by atoms with Gasteiger partial charge in [-0.15, -0.1) is 5.10 Å². The molecule has 0 fully saturated rings. The minimum Gasteiger partial charge on any atom is -0.434 e. The predicted molar refractivity (Wildman–Crippen MR) is 112 cm³/mol. The summed E-state index contributed by atoms with van der Waals surface area (Å²) >= 11 is 0. The van der Waals surface area contributed by atoms with Crippen molar-refractivity contribution in [1.29, 1.82) is 0 Å². The molecule has 0 saturated carbocycles. The third kappa shape index (κ3) is 4.27. The number of carbonyl (C=O) groups is 1. The fraction of sp³-hybridized carbons (Fsp3) is 0.100. The van der Waals surface area contributed by atoms with Gasteiger partial charge in [0.1, 0.15) is 17.1 Å². The van der Waals surface area contributed by atoms with E-state index in [0.717, 1.165) is 5.56 Å². The Balaban J connectivity index is 1.82. The van der Waals surface area contributed by atoms with Gasteiger partial charge in [0.2, 0.25) is 15.9 Å². The number of hydrogen-bond acceptors (Lipinski definition) is 8. The maximum Gasteiger partial charge on any atom is 0.251 e. The second kappa shape index (κ2) is 8.34. The summed E-state index contributed by atoms with van der Waals surface area (Å²) in [6.45, 7) is 0. The van der Waals surface area contributed by atoms with E-state index < -0.39 is 15.9 Å². The number of likely N-dealkylation sites (N-methyl/N-ethyl adjacent to an activating group) is 1. The van der Waals surface area contributed by atoms with Crippen LogP contribution >= 0.6 is 0 Å². The minimum absolute atomic E-state index is 0.0334. The number of nitrogens with one attached hydrogen (secondary N) is 1. The maximum absolute atomic E-state index is 11.9. The Labute approximate surface area is 182 Å². The fourth-order valence-electron chi connectivity index (χ4n) is 3.01. The number of nitrogens with two attached hydrogens (primary N) is 1. The van der Waals surface area contributed by atoms with E-state index in [2.05, 4.69) is 20.4 Å². The lowest BCUT2D eigenvalue weighted by molar-refractivity contribution is -0.158.